The van der Waals surface area contributed by atoms with Crippen molar-refractivity contribution in [1.29, 1.82) is 0 Å². The quantitative estimate of drug-likeness (QED) is 0.684. The van der Waals surface area contributed by atoms with Crippen LogP contribution in [-0.4, -0.2) is 18.9 Å². The average Bonchev–Trinajstić information content (AvgIpc) is 2.06. The zero-order valence-electron chi connectivity index (χ0n) is 7.91. The van der Waals surface area contributed by atoms with Crippen molar-refractivity contribution in [1.82, 2.24) is 0 Å². The van der Waals surface area contributed by atoms with Crippen LogP contribution in [0.5, 0.6) is 0 Å². The molecule has 12 heavy (non-hydrogen) atoms. The molecule has 0 bridgehead atoms. The molecule has 1 unspecified atom stereocenters. The lowest BCUT2D eigenvalue weighted by Gasteiger charge is -2.25. The van der Waals surface area contributed by atoms with E-state index in [9.17, 15) is 5.11 Å². The minimum absolute atomic E-state index is 0.181. The third-order valence-corrected chi connectivity index (χ3v) is 6.47. The lowest BCUT2D eigenvalue weighted by Crippen LogP contribution is -2.51. The van der Waals surface area contributed by atoms with Gasteiger partial charge in [0.1, 0.15) is 8.07 Å². The lowest BCUT2D eigenvalue weighted by atomic mass is 10.4. The fourth-order valence-electron chi connectivity index (χ4n) is 1.11. The van der Waals surface area contributed by atoms with Gasteiger partial charge in [0.25, 0.3) is 0 Å². The van der Waals surface area contributed by atoms with Crippen molar-refractivity contribution in [3.05, 3.63) is 30.3 Å². The Hall–Kier alpha value is -0.603. The molecule has 1 aromatic carbocycles. The van der Waals surface area contributed by atoms with E-state index in [0.29, 0.717) is 0 Å². The van der Waals surface area contributed by atoms with Crippen LogP contribution < -0.4 is 5.19 Å². The van der Waals surface area contributed by atoms with Crippen molar-refractivity contribution >= 4 is 13.3 Å². The van der Waals surface area contributed by atoms with Crippen molar-refractivity contribution in [3.63, 3.8) is 0 Å². The van der Waals surface area contributed by atoms with Crippen LogP contribution in [0, 0.1) is 0 Å². The Balaban J connectivity index is 2.98. The van der Waals surface area contributed by atoms with Crippen molar-refractivity contribution in [2.75, 3.05) is 0 Å². The summed E-state index contributed by atoms with van der Waals surface area (Å²) in [6.07, 6.45) is 0. The molecule has 0 aliphatic heterocycles. The predicted octanol–water partition coefficient (Wildman–Crippen LogP) is 1.52. The molecule has 0 spiro atoms. The molecule has 1 N–H and O–H groups in total. The summed E-state index contributed by atoms with van der Waals surface area (Å²) < 4.78 is 0. The van der Waals surface area contributed by atoms with Crippen LogP contribution in [0.2, 0.25) is 13.1 Å². The van der Waals surface area contributed by atoms with Crippen molar-refractivity contribution in [3.8, 4) is 0 Å². The first kappa shape index (κ1) is 9.48. The molecule has 0 saturated heterocycles. The summed E-state index contributed by atoms with van der Waals surface area (Å²) >= 11 is 0. The van der Waals surface area contributed by atoms with Crippen LogP contribution in [0.15, 0.2) is 30.3 Å². The minimum Gasteiger partial charge on any atom is -0.396 e. The Bertz CT molecular complexity index is 241. The van der Waals surface area contributed by atoms with Crippen LogP contribution in [0.25, 0.3) is 0 Å². The molecule has 0 radical (unpaired) electrons. The molecule has 1 nitrogen and oxygen atoms in total. The molecule has 1 aromatic rings. The molecule has 0 aromatic heterocycles. The summed E-state index contributed by atoms with van der Waals surface area (Å²) in [5.41, 5.74) is -0.181. The number of aliphatic hydroxyl groups excluding tert-OH is 1. The van der Waals surface area contributed by atoms with Gasteiger partial charge in [-0.15, -0.1) is 0 Å². The van der Waals surface area contributed by atoms with Gasteiger partial charge in [0, 0.05) is 5.73 Å². The highest BCUT2D eigenvalue weighted by molar-refractivity contribution is 6.90. The van der Waals surface area contributed by atoms with Crippen LogP contribution >= 0.6 is 0 Å². The lowest BCUT2D eigenvalue weighted by molar-refractivity contribution is 0.266. The molecule has 2 heteroatoms. The highest BCUT2D eigenvalue weighted by Crippen LogP contribution is 2.07. The Labute approximate surface area is 75.1 Å². The van der Waals surface area contributed by atoms with Crippen LogP contribution in [0.4, 0.5) is 0 Å². The first-order valence-corrected chi connectivity index (χ1v) is 7.36. The third kappa shape index (κ3) is 1.76. The van der Waals surface area contributed by atoms with Crippen LogP contribution in [0.1, 0.15) is 6.92 Å². The smallest absolute Gasteiger partial charge is 0.112 e. The molecule has 0 amide bonds. The van der Waals surface area contributed by atoms with Crippen molar-refractivity contribution < 1.29 is 5.11 Å². The Morgan fingerprint density at radius 1 is 1.17 bits per heavy atom. The number of rotatable bonds is 2. The Morgan fingerprint density at radius 3 is 2.08 bits per heavy atom. The summed E-state index contributed by atoms with van der Waals surface area (Å²) in [6.45, 7) is 6.26. The maximum atomic E-state index is 9.60. The highest BCUT2D eigenvalue weighted by atomic mass is 28.3. The normalized spacial score (nSPS) is 14.3. The standard InChI is InChI=1S/C10H16OSi/c1-9(11)12(2,3)10-7-5-4-6-8-10/h4-9,11H,1-3H3. The molecule has 66 valence electrons. The first-order chi connectivity index (χ1) is 5.55. The zero-order chi connectivity index (χ0) is 9.19. The van der Waals surface area contributed by atoms with Gasteiger partial charge >= 0.3 is 0 Å². The first-order valence-electron chi connectivity index (χ1n) is 4.28. The van der Waals surface area contributed by atoms with Gasteiger partial charge in [-0.05, 0) is 6.92 Å². The number of benzene rings is 1. The van der Waals surface area contributed by atoms with E-state index in [0.717, 1.165) is 0 Å². The fourth-order valence-corrected chi connectivity index (χ4v) is 2.64. The largest absolute Gasteiger partial charge is 0.396 e. The molecule has 0 aliphatic carbocycles. The SMILES string of the molecule is CC(O)[Si](C)(C)c1ccccc1. The third-order valence-electron chi connectivity index (χ3n) is 2.56. The van der Waals surface area contributed by atoms with E-state index in [1.807, 2.05) is 25.1 Å². The molecule has 1 atom stereocenters. The van der Waals surface area contributed by atoms with Gasteiger partial charge < -0.3 is 5.11 Å². The molecule has 1 rings (SSSR count). The monoisotopic (exact) mass is 180 g/mol. The fraction of sp³-hybridized carbons (Fsp3) is 0.400. The predicted molar refractivity (Wildman–Crippen MR) is 55.2 cm³/mol. The van der Waals surface area contributed by atoms with Crippen molar-refractivity contribution in [2.24, 2.45) is 0 Å². The van der Waals surface area contributed by atoms with E-state index in [4.69, 9.17) is 0 Å². The summed E-state index contributed by atoms with van der Waals surface area (Å²) in [4.78, 5) is 0. The molecule has 0 fully saturated rings. The van der Waals surface area contributed by atoms with E-state index in [1.165, 1.54) is 5.19 Å². The van der Waals surface area contributed by atoms with E-state index in [1.54, 1.807) is 0 Å². The van der Waals surface area contributed by atoms with E-state index < -0.39 is 8.07 Å². The summed E-state index contributed by atoms with van der Waals surface area (Å²) in [7, 11) is -1.60. The second kappa shape index (κ2) is 3.41. The van der Waals surface area contributed by atoms with Gasteiger partial charge in [0.15, 0.2) is 0 Å². The van der Waals surface area contributed by atoms with Gasteiger partial charge in [-0.1, -0.05) is 48.6 Å². The molecular formula is C10H16OSi. The minimum atomic E-state index is -1.60. The van der Waals surface area contributed by atoms with Gasteiger partial charge in [0.2, 0.25) is 0 Å². The molecule has 0 aliphatic rings. The van der Waals surface area contributed by atoms with Crippen molar-refractivity contribution in [2.45, 2.75) is 25.7 Å². The van der Waals surface area contributed by atoms with E-state index in [2.05, 4.69) is 25.2 Å². The Morgan fingerprint density at radius 2 is 1.67 bits per heavy atom. The van der Waals surface area contributed by atoms with Crippen LogP contribution in [-0.2, 0) is 0 Å². The average molecular weight is 180 g/mol. The summed E-state index contributed by atoms with van der Waals surface area (Å²) in [5, 5.41) is 10.9. The Kier molecular flexibility index (Phi) is 2.70. The molecular weight excluding hydrogens is 164 g/mol. The molecule has 0 heterocycles. The maximum Gasteiger partial charge on any atom is 0.112 e. The second-order valence-electron chi connectivity index (χ2n) is 3.76. The number of hydrogen-bond acceptors (Lipinski definition) is 1. The maximum absolute atomic E-state index is 9.60. The number of hydrogen-bond donors (Lipinski definition) is 1. The van der Waals surface area contributed by atoms with Gasteiger partial charge in [0.05, 0.1) is 0 Å². The highest BCUT2D eigenvalue weighted by Gasteiger charge is 2.28. The topological polar surface area (TPSA) is 20.2 Å². The second-order valence-corrected chi connectivity index (χ2v) is 8.62. The van der Waals surface area contributed by atoms with Gasteiger partial charge in [-0.25, -0.2) is 0 Å². The zero-order valence-corrected chi connectivity index (χ0v) is 8.91. The van der Waals surface area contributed by atoms with Gasteiger partial charge in [-0.3, -0.25) is 0 Å². The van der Waals surface area contributed by atoms with Gasteiger partial charge in [-0.2, -0.15) is 0 Å². The van der Waals surface area contributed by atoms with Crippen LogP contribution in [0.3, 0.4) is 0 Å². The molecule has 0 saturated carbocycles. The number of aliphatic hydroxyl groups is 1. The van der Waals surface area contributed by atoms with E-state index >= 15 is 0 Å². The summed E-state index contributed by atoms with van der Waals surface area (Å²) in [5.74, 6) is 0. The van der Waals surface area contributed by atoms with E-state index in [-0.39, 0.29) is 5.73 Å². The summed E-state index contributed by atoms with van der Waals surface area (Å²) in [6, 6.07) is 10.3.